The van der Waals surface area contributed by atoms with Gasteiger partial charge in [-0.3, -0.25) is 4.79 Å². The molecule has 6 nitrogen and oxygen atoms in total. The number of phenols is 1. The van der Waals surface area contributed by atoms with Crippen LogP contribution in [0.25, 0.3) is 11.1 Å². The maximum absolute atomic E-state index is 13.5. The molecular formula is C15H13F2NO5. The SMILES string of the molecule is NCC(=O)O.O=C(O)c1cc(-c2ccc(F)cc2F)ccc1O. The fraction of sp³-hybridized carbons (Fsp3) is 0.0667. The van der Waals surface area contributed by atoms with Crippen LogP contribution in [-0.4, -0.2) is 33.8 Å². The number of aromatic hydroxyl groups is 1. The van der Waals surface area contributed by atoms with Gasteiger partial charge in [0.25, 0.3) is 0 Å². The second kappa shape index (κ2) is 7.85. The zero-order chi connectivity index (χ0) is 17.6. The number of rotatable bonds is 3. The number of aliphatic carboxylic acids is 1. The number of carboxylic acid groups (broad SMARTS) is 2. The van der Waals surface area contributed by atoms with Crippen molar-refractivity contribution in [2.45, 2.75) is 0 Å². The Morgan fingerprint density at radius 1 is 1.04 bits per heavy atom. The first kappa shape index (κ1) is 18.1. The minimum atomic E-state index is -1.32. The topological polar surface area (TPSA) is 121 Å². The van der Waals surface area contributed by atoms with Crippen LogP contribution >= 0.6 is 0 Å². The van der Waals surface area contributed by atoms with E-state index in [1.807, 2.05) is 0 Å². The van der Waals surface area contributed by atoms with Crippen molar-refractivity contribution in [3.8, 4) is 16.9 Å². The molecule has 2 rings (SSSR count). The summed E-state index contributed by atoms with van der Waals surface area (Å²) in [6, 6.07) is 6.64. The van der Waals surface area contributed by atoms with Gasteiger partial charge in [0.05, 0.1) is 6.54 Å². The Kier molecular flexibility index (Phi) is 6.16. The van der Waals surface area contributed by atoms with Gasteiger partial charge in [0.1, 0.15) is 22.9 Å². The van der Waals surface area contributed by atoms with Crippen LogP contribution in [0.15, 0.2) is 36.4 Å². The highest BCUT2D eigenvalue weighted by Crippen LogP contribution is 2.28. The zero-order valence-corrected chi connectivity index (χ0v) is 11.7. The number of carbonyl (C=O) groups is 2. The second-order valence-electron chi connectivity index (χ2n) is 4.26. The molecule has 0 aliphatic rings. The molecule has 5 N–H and O–H groups in total. The molecule has 122 valence electrons. The van der Waals surface area contributed by atoms with Crippen LogP contribution in [0, 0.1) is 11.6 Å². The summed E-state index contributed by atoms with van der Waals surface area (Å²) < 4.78 is 26.3. The second-order valence-corrected chi connectivity index (χ2v) is 4.26. The molecule has 0 saturated carbocycles. The van der Waals surface area contributed by atoms with Crippen LogP contribution in [0.4, 0.5) is 8.78 Å². The van der Waals surface area contributed by atoms with E-state index in [9.17, 15) is 23.5 Å². The molecule has 2 aromatic carbocycles. The third kappa shape index (κ3) is 5.04. The highest BCUT2D eigenvalue weighted by atomic mass is 19.1. The number of halogens is 2. The number of carboxylic acids is 2. The molecular weight excluding hydrogens is 312 g/mol. The van der Waals surface area contributed by atoms with Gasteiger partial charge in [-0.15, -0.1) is 0 Å². The average Bonchev–Trinajstić information content (AvgIpc) is 2.48. The lowest BCUT2D eigenvalue weighted by atomic mass is 10.0. The molecule has 0 heterocycles. The van der Waals surface area contributed by atoms with Crippen molar-refractivity contribution < 1.29 is 33.7 Å². The highest BCUT2D eigenvalue weighted by Gasteiger charge is 2.13. The van der Waals surface area contributed by atoms with Crippen molar-refractivity contribution in [1.29, 1.82) is 0 Å². The lowest BCUT2D eigenvalue weighted by Crippen LogP contribution is -2.10. The maximum atomic E-state index is 13.5. The van der Waals surface area contributed by atoms with E-state index in [0.29, 0.717) is 6.07 Å². The van der Waals surface area contributed by atoms with Gasteiger partial charge >= 0.3 is 11.9 Å². The summed E-state index contributed by atoms with van der Waals surface area (Å²) in [7, 11) is 0. The maximum Gasteiger partial charge on any atom is 0.339 e. The monoisotopic (exact) mass is 325 g/mol. The quantitative estimate of drug-likeness (QED) is 0.685. The van der Waals surface area contributed by atoms with Crippen LogP contribution in [0.1, 0.15) is 10.4 Å². The van der Waals surface area contributed by atoms with E-state index < -0.39 is 29.3 Å². The fourth-order valence-corrected chi connectivity index (χ4v) is 1.60. The van der Waals surface area contributed by atoms with Crippen molar-refractivity contribution in [3.05, 3.63) is 53.6 Å². The standard InChI is InChI=1S/C13H8F2O3.C2H5NO2/c14-8-2-3-9(11(15)6-8)7-1-4-12(16)10(5-7)13(17)18;3-1-2(4)5/h1-6,16H,(H,17,18);1,3H2,(H,4,5). The molecule has 0 fully saturated rings. The molecule has 0 aromatic heterocycles. The van der Waals surface area contributed by atoms with Gasteiger partial charge in [-0.1, -0.05) is 6.07 Å². The Bertz CT molecular complexity index is 734. The molecule has 0 bridgehead atoms. The van der Waals surface area contributed by atoms with Gasteiger partial charge in [0, 0.05) is 11.6 Å². The molecule has 0 atom stereocenters. The van der Waals surface area contributed by atoms with Crippen LogP contribution in [0.2, 0.25) is 0 Å². The van der Waals surface area contributed by atoms with Crippen molar-refractivity contribution >= 4 is 11.9 Å². The summed E-state index contributed by atoms with van der Waals surface area (Å²) in [5, 5.41) is 25.8. The Morgan fingerprint density at radius 2 is 1.65 bits per heavy atom. The summed E-state index contributed by atoms with van der Waals surface area (Å²) in [5.74, 6) is -4.21. The smallest absolute Gasteiger partial charge is 0.339 e. The van der Waals surface area contributed by atoms with E-state index in [1.54, 1.807) is 0 Å². The van der Waals surface area contributed by atoms with Gasteiger partial charge in [0.2, 0.25) is 0 Å². The highest BCUT2D eigenvalue weighted by molar-refractivity contribution is 5.92. The Labute approximate surface area is 129 Å². The number of hydrogen-bond donors (Lipinski definition) is 4. The van der Waals surface area contributed by atoms with Gasteiger partial charge in [-0.05, 0) is 29.8 Å². The molecule has 0 spiro atoms. The molecule has 8 heteroatoms. The molecule has 0 radical (unpaired) electrons. The lowest BCUT2D eigenvalue weighted by molar-refractivity contribution is -0.135. The van der Waals surface area contributed by atoms with Gasteiger partial charge in [-0.2, -0.15) is 0 Å². The Balaban J connectivity index is 0.000000463. The Hall–Kier alpha value is -3.00. The third-order valence-electron chi connectivity index (χ3n) is 2.64. The van der Waals surface area contributed by atoms with E-state index >= 15 is 0 Å². The summed E-state index contributed by atoms with van der Waals surface area (Å²) in [5.41, 5.74) is 4.56. The molecule has 0 aliphatic carbocycles. The number of hydrogen-bond acceptors (Lipinski definition) is 4. The van der Waals surface area contributed by atoms with Crippen molar-refractivity contribution in [2.75, 3.05) is 6.54 Å². The molecule has 2 aromatic rings. The number of aromatic carboxylic acids is 1. The molecule has 0 saturated heterocycles. The van der Waals surface area contributed by atoms with Crippen molar-refractivity contribution in [1.82, 2.24) is 0 Å². The predicted molar refractivity (Wildman–Crippen MR) is 77.1 cm³/mol. The normalized spacial score (nSPS) is 9.70. The summed E-state index contributed by atoms with van der Waals surface area (Å²) in [6.07, 6.45) is 0. The molecule has 0 aliphatic heterocycles. The van der Waals surface area contributed by atoms with Gasteiger partial charge in [-0.25, -0.2) is 13.6 Å². The van der Waals surface area contributed by atoms with Crippen molar-refractivity contribution in [3.63, 3.8) is 0 Å². The molecule has 0 amide bonds. The summed E-state index contributed by atoms with van der Waals surface area (Å²) >= 11 is 0. The first-order chi connectivity index (χ1) is 10.8. The van der Waals surface area contributed by atoms with Crippen LogP contribution in [-0.2, 0) is 4.79 Å². The minimum Gasteiger partial charge on any atom is -0.507 e. The summed E-state index contributed by atoms with van der Waals surface area (Å²) in [6.45, 7) is -0.278. The summed E-state index contributed by atoms with van der Waals surface area (Å²) in [4.78, 5) is 20.1. The number of benzene rings is 2. The van der Waals surface area contributed by atoms with E-state index in [-0.39, 0.29) is 23.2 Å². The minimum absolute atomic E-state index is 0.0684. The average molecular weight is 325 g/mol. The Morgan fingerprint density at radius 3 is 2.13 bits per heavy atom. The van der Waals surface area contributed by atoms with E-state index in [4.69, 9.17) is 10.2 Å². The van der Waals surface area contributed by atoms with Gasteiger partial charge in [0.15, 0.2) is 0 Å². The van der Waals surface area contributed by atoms with Crippen LogP contribution < -0.4 is 5.73 Å². The van der Waals surface area contributed by atoms with Crippen molar-refractivity contribution in [2.24, 2.45) is 5.73 Å². The largest absolute Gasteiger partial charge is 0.507 e. The first-order valence-electron chi connectivity index (χ1n) is 6.19. The predicted octanol–water partition coefficient (Wildman–Crippen LogP) is 2.07. The van der Waals surface area contributed by atoms with E-state index in [0.717, 1.165) is 18.2 Å². The van der Waals surface area contributed by atoms with Gasteiger partial charge < -0.3 is 21.1 Å². The molecule has 23 heavy (non-hydrogen) atoms. The van der Waals surface area contributed by atoms with Crippen LogP contribution in [0.5, 0.6) is 5.75 Å². The van der Waals surface area contributed by atoms with Crippen LogP contribution in [0.3, 0.4) is 0 Å². The fourth-order valence-electron chi connectivity index (χ4n) is 1.60. The zero-order valence-electron chi connectivity index (χ0n) is 11.7. The van der Waals surface area contributed by atoms with E-state index in [1.165, 1.54) is 12.1 Å². The molecule has 0 unspecified atom stereocenters. The number of nitrogens with two attached hydrogens (primary N) is 1. The third-order valence-corrected chi connectivity index (χ3v) is 2.64. The lowest BCUT2D eigenvalue weighted by Gasteiger charge is -2.06. The van der Waals surface area contributed by atoms with E-state index in [2.05, 4.69) is 5.73 Å². The first-order valence-corrected chi connectivity index (χ1v) is 6.19.